The highest BCUT2D eigenvalue weighted by atomic mass is 15.4. The van der Waals surface area contributed by atoms with Crippen LogP contribution in [-0.4, -0.2) is 15.0 Å². The summed E-state index contributed by atoms with van der Waals surface area (Å²) in [5.41, 5.74) is 2.63. The van der Waals surface area contributed by atoms with Crippen molar-refractivity contribution in [3.8, 4) is 0 Å². The van der Waals surface area contributed by atoms with E-state index in [0.29, 0.717) is 0 Å². The third-order valence-corrected chi connectivity index (χ3v) is 3.08. The number of aryl methyl sites for hydroxylation is 1. The van der Waals surface area contributed by atoms with Crippen LogP contribution in [0.5, 0.6) is 0 Å². The first-order valence-electron chi connectivity index (χ1n) is 4.94. The van der Waals surface area contributed by atoms with Crippen molar-refractivity contribution in [3.05, 3.63) is 35.2 Å². The SMILES string of the molecule is [C-]#[N+]C1(c2cccc3c2nnn3C)CC1. The lowest BCUT2D eigenvalue weighted by Crippen LogP contribution is -2.00. The molecule has 1 fully saturated rings. The quantitative estimate of drug-likeness (QED) is 0.656. The number of nitrogens with zero attached hydrogens (tertiary/aromatic N) is 4. The van der Waals surface area contributed by atoms with Crippen LogP contribution in [0.15, 0.2) is 18.2 Å². The van der Waals surface area contributed by atoms with Crippen molar-refractivity contribution in [1.82, 2.24) is 15.0 Å². The van der Waals surface area contributed by atoms with Crippen molar-refractivity contribution in [1.29, 1.82) is 0 Å². The largest absolute Gasteiger partial charge is 0.305 e. The minimum absolute atomic E-state index is 0.296. The van der Waals surface area contributed by atoms with Gasteiger partial charge in [0.25, 0.3) is 5.54 Å². The number of benzene rings is 1. The van der Waals surface area contributed by atoms with Crippen LogP contribution >= 0.6 is 0 Å². The van der Waals surface area contributed by atoms with Crippen LogP contribution in [0, 0.1) is 6.57 Å². The Morgan fingerprint density at radius 2 is 2.27 bits per heavy atom. The summed E-state index contributed by atoms with van der Waals surface area (Å²) in [7, 11) is 1.87. The highest BCUT2D eigenvalue weighted by Crippen LogP contribution is 2.51. The second-order valence-electron chi connectivity index (χ2n) is 4.03. The standard InChI is InChI=1S/C11H10N4/c1-12-11(6-7-11)8-4-3-5-9-10(8)13-14-15(9)2/h3-5H,6-7H2,2H3. The molecular weight excluding hydrogens is 188 g/mol. The van der Waals surface area contributed by atoms with Gasteiger partial charge in [0.05, 0.1) is 11.1 Å². The molecule has 0 radical (unpaired) electrons. The summed E-state index contributed by atoms with van der Waals surface area (Å²) < 4.78 is 1.75. The van der Waals surface area contributed by atoms with E-state index in [9.17, 15) is 0 Å². The molecule has 1 aliphatic rings. The van der Waals surface area contributed by atoms with Crippen molar-refractivity contribution >= 4 is 11.0 Å². The second-order valence-corrected chi connectivity index (χ2v) is 4.03. The summed E-state index contributed by atoms with van der Waals surface area (Å²) in [6.07, 6.45) is 1.90. The molecule has 0 saturated heterocycles. The Labute approximate surface area is 87.3 Å². The van der Waals surface area contributed by atoms with E-state index < -0.39 is 0 Å². The van der Waals surface area contributed by atoms with Gasteiger partial charge in [-0.25, -0.2) is 11.3 Å². The summed E-state index contributed by atoms with van der Waals surface area (Å²) in [5, 5.41) is 8.14. The molecule has 4 heteroatoms. The van der Waals surface area contributed by atoms with Gasteiger partial charge in [0.1, 0.15) is 5.52 Å². The van der Waals surface area contributed by atoms with Gasteiger partial charge in [-0.15, -0.1) is 5.10 Å². The zero-order chi connectivity index (χ0) is 10.5. The van der Waals surface area contributed by atoms with E-state index in [2.05, 4.69) is 15.2 Å². The Hall–Kier alpha value is -1.89. The van der Waals surface area contributed by atoms with Crippen molar-refractivity contribution < 1.29 is 0 Å². The third-order valence-electron chi connectivity index (χ3n) is 3.08. The Morgan fingerprint density at radius 1 is 1.47 bits per heavy atom. The maximum atomic E-state index is 7.26. The van der Waals surface area contributed by atoms with Gasteiger partial charge in [0, 0.05) is 19.9 Å². The average Bonchev–Trinajstić information content (AvgIpc) is 2.98. The second kappa shape index (κ2) is 2.57. The number of fused-ring (bicyclic) bond motifs is 1. The molecule has 0 N–H and O–H groups in total. The van der Waals surface area contributed by atoms with Crippen LogP contribution in [0.3, 0.4) is 0 Å². The number of aromatic nitrogens is 3. The van der Waals surface area contributed by atoms with E-state index in [1.54, 1.807) is 4.68 Å². The third kappa shape index (κ3) is 1.00. The Bertz CT molecular complexity index is 572. The van der Waals surface area contributed by atoms with E-state index in [1.807, 2.05) is 25.2 Å². The molecule has 1 aromatic heterocycles. The van der Waals surface area contributed by atoms with Crippen LogP contribution in [0.25, 0.3) is 15.9 Å². The summed E-state index contributed by atoms with van der Waals surface area (Å²) in [6.45, 7) is 7.26. The van der Waals surface area contributed by atoms with Gasteiger partial charge < -0.3 is 4.85 Å². The predicted molar refractivity (Wildman–Crippen MR) is 56.0 cm³/mol. The molecule has 1 aromatic carbocycles. The van der Waals surface area contributed by atoms with E-state index in [-0.39, 0.29) is 5.54 Å². The van der Waals surface area contributed by atoms with Crippen LogP contribution in [0.2, 0.25) is 0 Å². The highest BCUT2D eigenvalue weighted by molar-refractivity contribution is 5.80. The van der Waals surface area contributed by atoms with Crippen molar-refractivity contribution in [2.75, 3.05) is 0 Å². The summed E-state index contributed by atoms with van der Waals surface area (Å²) in [4.78, 5) is 3.73. The molecule has 1 aliphatic carbocycles. The molecule has 3 rings (SSSR count). The van der Waals surface area contributed by atoms with E-state index in [0.717, 1.165) is 29.4 Å². The molecule has 0 aliphatic heterocycles. The monoisotopic (exact) mass is 198 g/mol. The smallest absolute Gasteiger partial charge is 0.260 e. The molecule has 4 nitrogen and oxygen atoms in total. The van der Waals surface area contributed by atoms with Crippen molar-refractivity contribution in [3.63, 3.8) is 0 Å². The number of rotatable bonds is 1. The molecular formula is C11H10N4. The van der Waals surface area contributed by atoms with Gasteiger partial charge >= 0.3 is 0 Å². The summed E-state index contributed by atoms with van der Waals surface area (Å²) in [6, 6.07) is 5.97. The van der Waals surface area contributed by atoms with E-state index >= 15 is 0 Å². The zero-order valence-electron chi connectivity index (χ0n) is 8.44. The minimum atomic E-state index is -0.296. The molecule has 0 unspecified atom stereocenters. The van der Waals surface area contributed by atoms with Crippen LogP contribution in [-0.2, 0) is 12.6 Å². The van der Waals surface area contributed by atoms with Crippen LogP contribution < -0.4 is 0 Å². The highest BCUT2D eigenvalue weighted by Gasteiger charge is 2.54. The van der Waals surface area contributed by atoms with Crippen LogP contribution in [0.4, 0.5) is 0 Å². The fraction of sp³-hybridized carbons (Fsp3) is 0.364. The Morgan fingerprint density at radius 3 is 2.93 bits per heavy atom. The molecule has 0 bridgehead atoms. The molecule has 0 amide bonds. The molecule has 15 heavy (non-hydrogen) atoms. The lowest BCUT2D eigenvalue weighted by molar-refractivity contribution is 0.736. The first-order valence-corrected chi connectivity index (χ1v) is 4.94. The lowest BCUT2D eigenvalue weighted by atomic mass is 10.0. The van der Waals surface area contributed by atoms with Gasteiger partial charge in [0.15, 0.2) is 0 Å². The topological polar surface area (TPSA) is 35.1 Å². The summed E-state index contributed by atoms with van der Waals surface area (Å²) in [5.74, 6) is 0. The number of hydrogen-bond acceptors (Lipinski definition) is 2. The normalized spacial score (nSPS) is 17.6. The van der Waals surface area contributed by atoms with E-state index in [4.69, 9.17) is 6.57 Å². The molecule has 1 heterocycles. The average molecular weight is 198 g/mol. The minimum Gasteiger partial charge on any atom is -0.305 e. The van der Waals surface area contributed by atoms with Crippen molar-refractivity contribution in [2.45, 2.75) is 18.4 Å². The molecule has 0 spiro atoms. The maximum absolute atomic E-state index is 7.26. The fourth-order valence-corrected chi connectivity index (χ4v) is 1.99. The maximum Gasteiger partial charge on any atom is 0.260 e. The first-order chi connectivity index (χ1) is 7.27. The van der Waals surface area contributed by atoms with E-state index in [1.165, 1.54) is 0 Å². The Balaban J connectivity index is 2.33. The fourth-order valence-electron chi connectivity index (χ4n) is 1.99. The first kappa shape index (κ1) is 8.42. The molecule has 74 valence electrons. The van der Waals surface area contributed by atoms with Crippen LogP contribution in [0.1, 0.15) is 18.4 Å². The van der Waals surface area contributed by atoms with Gasteiger partial charge in [-0.05, 0) is 12.1 Å². The summed E-state index contributed by atoms with van der Waals surface area (Å²) >= 11 is 0. The number of hydrogen-bond donors (Lipinski definition) is 0. The van der Waals surface area contributed by atoms with Gasteiger partial charge in [-0.1, -0.05) is 11.3 Å². The molecule has 0 atom stereocenters. The van der Waals surface area contributed by atoms with Gasteiger partial charge in [-0.3, -0.25) is 0 Å². The predicted octanol–water partition coefficient (Wildman–Crippen LogP) is 1.88. The lowest BCUT2D eigenvalue weighted by Gasteiger charge is -2.02. The molecule has 1 saturated carbocycles. The zero-order valence-corrected chi connectivity index (χ0v) is 8.44. The van der Waals surface area contributed by atoms with Gasteiger partial charge in [0.2, 0.25) is 0 Å². The molecule has 2 aromatic rings. The Kier molecular flexibility index (Phi) is 1.44. The van der Waals surface area contributed by atoms with Gasteiger partial charge in [-0.2, -0.15) is 0 Å². The van der Waals surface area contributed by atoms with Crippen molar-refractivity contribution in [2.24, 2.45) is 7.05 Å².